The van der Waals surface area contributed by atoms with E-state index in [1.165, 1.54) is 135 Å². The Labute approximate surface area is 273 Å². The van der Waals surface area contributed by atoms with Crippen molar-refractivity contribution in [3.8, 4) is 11.5 Å². The van der Waals surface area contributed by atoms with Crippen LogP contribution in [0.4, 0.5) is 0 Å². The first kappa shape index (κ1) is 38.6. The zero-order valence-corrected chi connectivity index (χ0v) is 28.2. The average Bonchev–Trinajstić information content (AvgIpc) is 3.04. The number of esters is 2. The van der Waals surface area contributed by atoms with Crippen molar-refractivity contribution in [3.63, 3.8) is 0 Å². The van der Waals surface area contributed by atoms with Gasteiger partial charge in [-0.3, -0.25) is 4.79 Å². The molecule has 45 heavy (non-hydrogen) atoms. The van der Waals surface area contributed by atoms with Crippen LogP contribution < -0.4 is 4.74 Å². The van der Waals surface area contributed by atoms with Crippen LogP contribution in [0, 0.1) is 0 Å². The van der Waals surface area contributed by atoms with Crippen LogP contribution in [0.5, 0.6) is 11.5 Å². The SMILES string of the molecule is COc1cc(/C=C\C(=O)OC[C@@H]2COC(=O)CCCCCCCCCCCCCCCCCCCCCCCCO2)ccc1O. The molecule has 1 aliphatic heterocycles. The van der Waals surface area contributed by atoms with E-state index >= 15 is 0 Å². The lowest BCUT2D eigenvalue weighted by molar-refractivity contribution is -0.153. The molecule has 7 heteroatoms. The lowest BCUT2D eigenvalue weighted by Crippen LogP contribution is -2.28. The first-order valence-corrected chi connectivity index (χ1v) is 18.1. The van der Waals surface area contributed by atoms with Crippen LogP contribution in [0.25, 0.3) is 6.08 Å². The molecule has 0 bridgehead atoms. The number of carbonyl (C=O) groups is 2. The van der Waals surface area contributed by atoms with Gasteiger partial charge in [-0.25, -0.2) is 4.79 Å². The number of hydrogen-bond acceptors (Lipinski definition) is 7. The quantitative estimate of drug-likeness (QED) is 0.256. The maximum atomic E-state index is 12.4. The number of cyclic esters (lactones) is 1. The standard InChI is InChI=1S/C38H62O7/c1-42-36-30-33(25-27-35(36)39)26-28-38(41)45-32-34-31-44-37(40)24-22-20-18-16-14-12-10-8-6-4-2-3-5-7-9-11-13-15-17-19-21-23-29-43-34/h25-28,30,34,39H,2-24,29,31-32H2,1H3/b28-26-/t34-/m0/s1. The van der Waals surface area contributed by atoms with E-state index in [4.69, 9.17) is 18.9 Å². The molecule has 1 atom stereocenters. The van der Waals surface area contributed by atoms with Crippen LogP contribution >= 0.6 is 0 Å². The summed E-state index contributed by atoms with van der Waals surface area (Å²) in [5, 5.41) is 9.76. The number of phenols is 1. The summed E-state index contributed by atoms with van der Waals surface area (Å²) in [7, 11) is 1.47. The number of carbonyl (C=O) groups excluding carboxylic acids is 2. The summed E-state index contributed by atoms with van der Waals surface area (Å²) in [6.45, 7) is 0.628. The summed E-state index contributed by atoms with van der Waals surface area (Å²) in [6, 6.07) is 4.82. The highest BCUT2D eigenvalue weighted by Gasteiger charge is 2.15. The Hall–Kier alpha value is -2.54. The molecule has 1 fully saturated rings. The van der Waals surface area contributed by atoms with Crippen molar-refractivity contribution in [3.05, 3.63) is 29.8 Å². The average molecular weight is 631 g/mol. The van der Waals surface area contributed by atoms with Crippen molar-refractivity contribution in [2.45, 2.75) is 154 Å². The van der Waals surface area contributed by atoms with E-state index in [1.807, 2.05) is 0 Å². The lowest BCUT2D eigenvalue weighted by Gasteiger charge is -2.18. The molecule has 0 spiro atoms. The molecule has 1 N–H and O–H groups in total. The van der Waals surface area contributed by atoms with Gasteiger partial charge in [0.25, 0.3) is 0 Å². The Morgan fingerprint density at radius 2 is 1.27 bits per heavy atom. The Morgan fingerprint density at radius 1 is 0.778 bits per heavy atom. The molecule has 0 radical (unpaired) electrons. The third-order valence-corrected chi connectivity index (χ3v) is 8.59. The second kappa shape index (κ2) is 26.7. The summed E-state index contributed by atoms with van der Waals surface area (Å²) in [5.41, 5.74) is 0.693. The number of rotatable bonds is 5. The molecule has 7 nitrogen and oxygen atoms in total. The van der Waals surface area contributed by atoms with E-state index in [0.29, 0.717) is 24.3 Å². The zero-order chi connectivity index (χ0) is 32.2. The first-order valence-electron chi connectivity index (χ1n) is 18.1. The second-order valence-corrected chi connectivity index (χ2v) is 12.6. The summed E-state index contributed by atoms with van der Waals surface area (Å²) >= 11 is 0. The second-order valence-electron chi connectivity index (χ2n) is 12.6. The van der Waals surface area contributed by atoms with Gasteiger partial charge >= 0.3 is 11.9 Å². The highest BCUT2D eigenvalue weighted by molar-refractivity contribution is 5.87. The van der Waals surface area contributed by atoms with E-state index in [0.717, 1.165) is 25.7 Å². The minimum atomic E-state index is -0.519. The zero-order valence-electron chi connectivity index (χ0n) is 28.2. The molecule has 1 aliphatic rings. The molecule has 0 aliphatic carbocycles. The van der Waals surface area contributed by atoms with Gasteiger partial charge in [-0.05, 0) is 36.6 Å². The molecule has 0 saturated carbocycles. The summed E-state index contributed by atoms with van der Waals surface area (Å²) in [5.74, 6) is -0.383. The van der Waals surface area contributed by atoms with E-state index in [-0.39, 0.29) is 24.9 Å². The Morgan fingerprint density at radius 3 is 1.78 bits per heavy atom. The number of phenolic OH excluding ortho intramolecular Hbond substituents is 1. The largest absolute Gasteiger partial charge is 0.504 e. The Bertz CT molecular complexity index is 929. The molecule has 1 aromatic rings. The Balaban J connectivity index is 1.77. The molecule has 0 amide bonds. The van der Waals surface area contributed by atoms with Gasteiger partial charge in [0.1, 0.15) is 19.3 Å². The summed E-state index contributed by atoms with van der Waals surface area (Å²) < 4.78 is 22.1. The van der Waals surface area contributed by atoms with Gasteiger partial charge in [0, 0.05) is 19.1 Å². The summed E-state index contributed by atoms with van der Waals surface area (Å²) in [4.78, 5) is 24.8. The number of benzene rings is 1. The maximum absolute atomic E-state index is 12.4. The van der Waals surface area contributed by atoms with Crippen LogP contribution in [0.1, 0.15) is 153 Å². The monoisotopic (exact) mass is 630 g/mol. The number of methoxy groups -OCH3 is 1. The van der Waals surface area contributed by atoms with Crippen molar-refractivity contribution in [1.29, 1.82) is 0 Å². The van der Waals surface area contributed by atoms with E-state index in [2.05, 4.69) is 0 Å². The van der Waals surface area contributed by atoms with E-state index in [1.54, 1.807) is 18.2 Å². The fourth-order valence-electron chi connectivity index (χ4n) is 5.74. The topological polar surface area (TPSA) is 91.3 Å². The van der Waals surface area contributed by atoms with Crippen LogP contribution in [-0.4, -0.2) is 50.1 Å². The molecule has 0 aromatic heterocycles. The Kier molecular flexibility index (Phi) is 22.9. The number of ether oxygens (including phenoxy) is 4. The predicted molar refractivity (Wildman–Crippen MR) is 182 cm³/mol. The van der Waals surface area contributed by atoms with Crippen molar-refractivity contribution in [2.24, 2.45) is 0 Å². The normalized spacial score (nSPS) is 21.1. The van der Waals surface area contributed by atoms with Crippen LogP contribution in [0.3, 0.4) is 0 Å². The van der Waals surface area contributed by atoms with Gasteiger partial charge < -0.3 is 24.1 Å². The van der Waals surface area contributed by atoms with Gasteiger partial charge in [0.15, 0.2) is 11.5 Å². The molecular formula is C38H62O7. The van der Waals surface area contributed by atoms with Gasteiger partial charge in [0.05, 0.1) is 7.11 Å². The number of hydrogen-bond donors (Lipinski definition) is 1. The number of aromatic hydroxyl groups is 1. The summed E-state index contributed by atoms with van der Waals surface area (Å²) in [6.07, 6.45) is 30.8. The van der Waals surface area contributed by atoms with E-state index < -0.39 is 12.1 Å². The van der Waals surface area contributed by atoms with Crippen LogP contribution in [0.15, 0.2) is 24.3 Å². The van der Waals surface area contributed by atoms with Crippen LogP contribution in [-0.2, 0) is 23.8 Å². The molecule has 2 rings (SSSR count). The molecule has 256 valence electrons. The van der Waals surface area contributed by atoms with Crippen molar-refractivity contribution < 1.29 is 33.6 Å². The highest BCUT2D eigenvalue weighted by Crippen LogP contribution is 2.26. The molecule has 0 unspecified atom stereocenters. The van der Waals surface area contributed by atoms with Crippen molar-refractivity contribution in [2.75, 3.05) is 26.9 Å². The van der Waals surface area contributed by atoms with Gasteiger partial charge in [-0.15, -0.1) is 0 Å². The van der Waals surface area contributed by atoms with Gasteiger partial charge in [0.2, 0.25) is 0 Å². The predicted octanol–water partition coefficient (Wildman–Crippen LogP) is 9.87. The fourth-order valence-corrected chi connectivity index (χ4v) is 5.74. The van der Waals surface area contributed by atoms with Crippen molar-refractivity contribution >= 4 is 18.0 Å². The third kappa shape index (κ3) is 21.0. The van der Waals surface area contributed by atoms with Gasteiger partial charge in [-0.1, -0.05) is 134 Å². The first-order chi connectivity index (χ1) is 22.1. The van der Waals surface area contributed by atoms with Crippen LogP contribution in [0.2, 0.25) is 0 Å². The molecule has 1 aromatic carbocycles. The van der Waals surface area contributed by atoms with E-state index in [9.17, 15) is 14.7 Å². The van der Waals surface area contributed by atoms with Gasteiger partial charge in [-0.2, -0.15) is 0 Å². The highest BCUT2D eigenvalue weighted by atomic mass is 16.6. The fraction of sp³-hybridized carbons (Fsp3) is 0.737. The third-order valence-electron chi connectivity index (χ3n) is 8.59. The molecule has 1 heterocycles. The smallest absolute Gasteiger partial charge is 0.330 e. The minimum absolute atomic E-state index is 0.00928. The maximum Gasteiger partial charge on any atom is 0.330 e. The molecular weight excluding hydrogens is 568 g/mol. The minimum Gasteiger partial charge on any atom is -0.504 e. The van der Waals surface area contributed by atoms with Crippen molar-refractivity contribution in [1.82, 2.24) is 0 Å². The lowest BCUT2D eigenvalue weighted by atomic mass is 10.0. The molecule has 1 saturated heterocycles.